The molecule has 0 amide bonds. The summed E-state index contributed by atoms with van der Waals surface area (Å²) in [5.74, 6) is 0. The van der Waals surface area contributed by atoms with Gasteiger partial charge in [0.2, 0.25) is 0 Å². The van der Waals surface area contributed by atoms with Gasteiger partial charge in [0.15, 0.2) is 0 Å². The van der Waals surface area contributed by atoms with E-state index < -0.39 is 0 Å². The van der Waals surface area contributed by atoms with Crippen molar-refractivity contribution in [2.24, 2.45) is 0 Å². The van der Waals surface area contributed by atoms with E-state index in [0.717, 1.165) is 0 Å². The van der Waals surface area contributed by atoms with Crippen LogP contribution in [0, 0.1) is 0 Å². The fourth-order valence-corrected chi connectivity index (χ4v) is 1.47. The lowest BCUT2D eigenvalue weighted by Crippen LogP contribution is -1.74. The van der Waals surface area contributed by atoms with Crippen molar-refractivity contribution in [2.75, 3.05) is 0 Å². The zero-order chi connectivity index (χ0) is 10.1. The van der Waals surface area contributed by atoms with Crippen molar-refractivity contribution in [1.29, 1.82) is 0 Å². The summed E-state index contributed by atoms with van der Waals surface area (Å²) in [6.45, 7) is 2.25. The highest BCUT2D eigenvalue weighted by Gasteiger charge is 1.85. The number of rotatable bonds is 6. The first-order valence-corrected chi connectivity index (χ1v) is 5.65. The van der Waals surface area contributed by atoms with E-state index in [1.807, 2.05) is 0 Å². The van der Waals surface area contributed by atoms with Gasteiger partial charge in [0.25, 0.3) is 0 Å². The Morgan fingerprint density at radius 3 is 2.50 bits per heavy atom. The summed E-state index contributed by atoms with van der Waals surface area (Å²) in [4.78, 5) is 0. The van der Waals surface area contributed by atoms with Gasteiger partial charge in [-0.2, -0.15) is 0 Å². The van der Waals surface area contributed by atoms with Gasteiger partial charge in [-0.15, -0.1) is 0 Å². The first kappa shape index (κ1) is 11.0. The Bertz CT molecular complexity index is 246. The summed E-state index contributed by atoms with van der Waals surface area (Å²) in [5, 5.41) is 0. The maximum atomic E-state index is 2.28. The van der Waals surface area contributed by atoms with Gasteiger partial charge in [-0.3, -0.25) is 0 Å². The lowest BCUT2D eigenvalue weighted by Gasteiger charge is -1.94. The molecule has 0 bridgehead atoms. The Hall–Kier alpha value is -1.04. The van der Waals surface area contributed by atoms with E-state index in [1.165, 1.54) is 37.7 Å². The lowest BCUT2D eigenvalue weighted by atomic mass is 10.1. The van der Waals surface area contributed by atoms with E-state index in [1.54, 1.807) is 0 Å². The molecule has 0 nitrogen and oxygen atoms in total. The van der Waals surface area contributed by atoms with Crippen molar-refractivity contribution in [3.63, 3.8) is 0 Å². The number of hydrogen-bond donors (Lipinski definition) is 0. The van der Waals surface area contributed by atoms with Crippen molar-refractivity contribution in [3.05, 3.63) is 42.0 Å². The molecule has 0 N–H and O–H groups in total. The second kappa shape index (κ2) is 7.37. The molecule has 0 saturated heterocycles. The van der Waals surface area contributed by atoms with Gasteiger partial charge in [-0.1, -0.05) is 68.7 Å². The average molecular weight is 188 g/mol. The SMILES string of the molecule is CCCCCCC=Cc1ccccc1. The van der Waals surface area contributed by atoms with Crippen LogP contribution in [0.5, 0.6) is 0 Å². The Labute approximate surface area is 87.7 Å². The predicted octanol–water partition coefficient (Wildman–Crippen LogP) is 4.67. The van der Waals surface area contributed by atoms with Crippen LogP contribution in [0.25, 0.3) is 6.08 Å². The number of unbranched alkanes of at least 4 members (excludes halogenated alkanes) is 4. The van der Waals surface area contributed by atoms with E-state index >= 15 is 0 Å². The van der Waals surface area contributed by atoms with Crippen LogP contribution in [-0.2, 0) is 0 Å². The van der Waals surface area contributed by atoms with Crippen LogP contribution in [0.4, 0.5) is 0 Å². The smallest absolute Gasteiger partial charge is 0.0260 e. The van der Waals surface area contributed by atoms with Crippen molar-refractivity contribution in [2.45, 2.75) is 39.0 Å². The monoisotopic (exact) mass is 188 g/mol. The summed E-state index contributed by atoms with van der Waals surface area (Å²) in [5.41, 5.74) is 1.31. The zero-order valence-electron chi connectivity index (χ0n) is 9.08. The summed E-state index contributed by atoms with van der Waals surface area (Å²) in [6.07, 6.45) is 11.1. The Morgan fingerprint density at radius 2 is 1.79 bits per heavy atom. The molecule has 0 radical (unpaired) electrons. The molecule has 0 aliphatic heterocycles. The van der Waals surface area contributed by atoms with Gasteiger partial charge in [0.05, 0.1) is 0 Å². The van der Waals surface area contributed by atoms with Crippen molar-refractivity contribution < 1.29 is 0 Å². The fraction of sp³-hybridized carbons (Fsp3) is 0.429. The molecule has 1 aromatic carbocycles. The van der Waals surface area contributed by atoms with Gasteiger partial charge in [-0.05, 0) is 18.4 Å². The largest absolute Gasteiger partial charge is 0.0839 e. The van der Waals surface area contributed by atoms with Crippen molar-refractivity contribution in [1.82, 2.24) is 0 Å². The summed E-state index contributed by atoms with van der Waals surface area (Å²) >= 11 is 0. The summed E-state index contributed by atoms with van der Waals surface area (Å²) < 4.78 is 0. The van der Waals surface area contributed by atoms with Crippen LogP contribution in [-0.4, -0.2) is 0 Å². The van der Waals surface area contributed by atoms with Crippen LogP contribution in [0.15, 0.2) is 36.4 Å². The first-order chi connectivity index (χ1) is 6.93. The van der Waals surface area contributed by atoms with E-state index in [9.17, 15) is 0 Å². The average Bonchev–Trinajstić information content (AvgIpc) is 2.25. The third-order valence-corrected chi connectivity index (χ3v) is 2.33. The van der Waals surface area contributed by atoms with Crippen LogP contribution < -0.4 is 0 Å². The number of allylic oxidation sites excluding steroid dienone is 1. The molecule has 0 heterocycles. The predicted molar refractivity (Wildman–Crippen MR) is 64.2 cm³/mol. The number of benzene rings is 1. The molecule has 0 saturated carbocycles. The molecule has 0 atom stereocenters. The van der Waals surface area contributed by atoms with Crippen molar-refractivity contribution >= 4 is 6.08 Å². The molecule has 1 rings (SSSR count). The molecule has 0 unspecified atom stereocenters. The molecule has 76 valence electrons. The molecule has 14 heavy (non-hydrogen) atoms. The van der Waals surface area contributed by atoms with E-state index in [0.29, 0.717) is 0 Å². The number of hydrogen-bond acceptors (Lipinski definition) is 0. The van der Waals surface area contributed by atoms with Gasteiger partial charge in [-0.25, -0.2) is 0 Å². The van der Waals surface area contributed by atoms with Gasteiger partial charge in [0, 0.05) is 0 Å². The topological polar surface area (TPSA) is 0 Å². The van der Waals surface area contributed by atoms with Gasteiger partial charge in [0.1, 0.15) is 0 Å². The molecule has 0 fully saturated rings. The van der Waals surface area contributed by atoms with E-state index in [2.05, 4.69) is 49.4 Å². The van der Waals surface area contributed by atoms with Crippen LogP contribution >= 0.6 is 0 Å². The quantitative estimate of drug-likeness (QED) is 0.569. The maximum absolute atomic E-state index is 2.28. The summed E-state index contributed by atoms with van der Waals surface area (Å²) in [7, 11) is 0. The molecular formula is C14H20. The van der Waals surface area contributed by atoms with Crippen LogP contribution in [0.2, 0.25) is 0 Å². The lowest BCUT2D eigenvalue weighted by molar-refractivity contribution is 0.675. The zero-order valence-corrected chi connectivity index (χ0v) is 9.08. The standard InChI is InChI=1S/C14H20/c1-2-3-4-5-6-8-11-14-12-9-7-10-13-14/h7-13H,2-6H2,1H3. The third kappa shape index (κ3) is 4.86. The molecule has 0 spiro atoms. The minimum Gasteiger partial charge on any atom is -0.0839 e. The van der Waals surface area contributed by atoms with E-state index in [-0.39, 0.29) is 0 Å². The molecule has 0 heteroatoms. The van der Waals surface area contributed by atoms with Crippen molar-refractivity contribution in [3.8, 4) is 0 Å². The Morgan fingerprint density at radius 1 is 1.00 bits per heavy atom. The third-order valence-electron chi connectivity index (χ3n) is 2.33. The normalized spacial score (nSPS) is 10.9. The Kier molecular flexibility index (Phi) is 5.81. The first-order valence-electron chi connectivity index (χ1n) is 5.65. The summed E-state index contributed by atoms with van der Waals surface area (Å²) in [6, 6.07) is 10.5. The Balaban J connectivity index is 2.15. The second-order valence-electron chi connectivity index (χ2n) is 3.66. The van der Waals surface area contributed by atoms with Gasteiger partial charge >= 0.3 is 0 Å². The molecule has 0 aliphatic rings. The van der Waals surface area contributed by atoms with Gasteiger partial charge < -0.3 is 0 Å². The molecule has 0 aliphatic carbocycles. The minimum atomic E-state index is 1.22. The second-order valence-corrected chi connectivity index (χ2v) is 3.66. The highest BCUT2D eigenvalue weighted by atomic mass is 13.9. The highest BCUT2D eigenvalue weighted by Crippen LogP contribution is 2.06. The maximum Gasteiger partial charge on any atom is -0.0260 e. The van der Waals surface area contributed by atoms with E-state index in [4.69, 9.17) is 0 Å². The van der Waals surface area contributed by atoms with Crippen LogP contribution in [0.1, 0.15) is 44.6 Å². The fourth-order valence-electron chi connectivity index (χ4n) is 1.47. The molecular weight excluding hydrogens is 168 g/mol. The molecule has 0 aromatic heterocycles. The highest BCUT2D eigenvalue weighted by molar-refractivity contribution is 5.48. The molecule has 1 aromatic rings. The minimum absolute atomic E-state index is 1.22. The van der Waals surface area contributed by atoms with Crippen LogP contribution in [0.3, 0.4) is 0 Å².